The first-order chi connectivity index (χ1) is 7.19. The fraction of sp³-hybridized carbons (Fsp3) is 0.545. The molecule has 0 amide bonds. The monoisotopic (exact) mass is 209 g/mol. The number of pyridine rings is 1. The van der Waals surface area contributed by atoms with E-state index in [2.05, 4.69) is 4.98 Å². The van der Waals surface area contributed by atoms with E-state index in [4.69, 9.17) is 10.8 Å². The summed E-state index contributed by atoms with van der Waals surface area (Å²) >= 11 is 0. The first-order valence-electron chi connectivity index (χ1n) is 5.22. The first kappa shape index (κ1) is 11.9. The normalized spacial score (nSPS) is 12.5. The quantitative estimate of drug-likeness (QED) is 0.757. The molecule has 84 valence electrons. The molecule has 1 atom stereocenters. The van der Waals surface area contributed by atoms with Crippen molar-refractivity contribution in [2.45, 2.75) is 19.4 Å². The first-order valence-corrected chi connectivity index (χ1v) is 5.22. The van der Waals surface area contributed by atoms with Crippen LogP contribution in [0.2, 0.25) is 0 Å². The minimum Gasteiger partial charge on any atom is -0.395 e. The Morgan fingerprint density at radius 2 is 2.27 bits per heavy atom. The van der Waals surface area contributed by atoms with E-state index < -0.39 is 0 Å². The van der Waals surface area contributed by atoms with E-state index in [1.165, 1.54) is 0 Å². The third kappa shape index (κ3) is 3.18. The summed E-state index contributed by atoms with van der Waals surface area (Å²) in [6.07, 6.45) is 2.68. The van der Waals surface area contributed by atoms with Gasteiger partial charge in [0.2, 0.25) is 0 Å². The number of rotatable bonds is 5. The summed E-state index contributed by atoms with van der Waals surface area (Å²) in [7, 11) is 1.92. The molecule has 0 spiro atoms. The average Bonchev–Trinajstić information content (AvgIpc) is 2.28. The molecule has 0 aliphatic heterocycles. The number of aliphatic hydroxyl groups is 1. The molecule has 0 radical (unpaired) electrons. The van der Waals surface area contributed by atoms with Gasteiger partial charge in [0.05, 0.1) is 24.2 Å². The molecule has 1 rings (SSSR count). The molecule has 0 aliphatic rings. The molecule has 1 heterocycles. The lowest BCUT2D eigenvalue weighted by Crippen LogP contribution is -2.21. The maximum absolute atomic E-state index is 8.80. The van der Waals surface area contributed by atoms with Crippen molar-refractivity contribution in [2.24, 2.45) is 5.73 Å². The molecule has 0 aromatic carbocycles. The summed E-state index contributed by atoms with van der Waals surface area (Å²) < 4.78 is 0. The summed E-state index contributed by atoms with van der Waals surface area (Å²) in [5, 5.41) is 8.80. The Labute approximate surface area is 90.7 Å². The lowest BCUT2D eigenvalue weighted by atomic mass is 10.1. The lowest BCUT2D eigenvalue weighted by Gasteiger charge is -2.18. The summed E-state index contributed by atoms with van der Waals surface area (Å²) in [5.41, 5.74) is 7.77. The van der Waals surface area contributed by atoms with Gasteiger partial charge in [-0.1, -0.05) is 6.92 Å². The second-order valence-electron chi connectivity index (χ2n) is 3.60. The van der Waals surface area contributed by atoms with Gasteiger partial charge in [0.1, 0.15) is 0 Å². The van der Waals surface area contributed by atoms with Gasteiger partial charge in [-0.05, 0) is 18.6 Å². The van der Waals surface area contributed by atoms with Gasteiger partial charge in [0.15, 0.2) is 0 Å². The smallest absolute Gasteiger partial charge is 0.0606 e. The predicted molar refractivity (Wildman–Crippen MR) is 61.8 cm³/mol. The molecule has 3 N–H and O–H groups in total. The highest BCUT2D eigenvalue weighted by molar-refractivity contribution is 5.43. The zero-order valence-corrected chi connectivity index (χ0v) is 9.35. The molecular weight excluding hydrogens is 190 g/mol. The Balaban J connectivity index is 2.71. The van der Waals surface area contributed by atoms with Crippen molar-refractivity contribution in [3.63, 3.8) is 0 Å². The minimum atomic E-state index is 0.0159. The van der Waals surface area contributed by atoms with E-state index in [9.17, 15) is 0 Å². The van der Waals surface area contributed by atoms with Crippen LogP contribution in [0.3, 0.4) is 0 Å². The zero-order chi connectivity index (χ0) is 11.3. The van der Waals surface area contributed by atoms with Gasteiger partial charge < -0.3 is 15.7 Å². The topological polar surface area (TPSA) is 62.4 Å². The fourth-order valence-electron chi connectivity index (χ4n) is 1.33. The Morgan fingerprint density at radius 3 is 2.73 bits per heavy atom. The largest absolute Gasteiger partial charge is 0.395 e. The molecule has 1 aromatic heterocycles. The van der Waals surface area contributed by atoms with Gasteiger partial charge in [0, 0.05) is 19.6 Å². The van der Waals surface area contributed by atoms with E-state index in [0.717, 1.165) is 17.8 Å². The highest BCUT2D eigenvalue weighted by Gasteiger charge is 2.05. The summed E-state index contributed by atoms with van der Waals surface area (Å²) in [6.45, 7) is 2.80. The predicted octanol–water partition coefficient (Wildman–Crippen LogP) is 0.920. The maximum atomic E-state index is 8.80. The molecule has 1 aromatic rings. The summed E-state index contributed by atoms with van der Waals surface area (Å²) in [5.74, 6) is 0. The van der Waals surface area contributed by atoms with Crippen LogP contribution in [0.15, 0.2) is 18.3 Å². The Hall–Kier alpha value is -1.13. The van der Waals surface area contributed by atoms with Crippen LogP contribution in [-0.2, 0) is 0 Å². The highest BCUT2D eigenvalue weighted by Crippen LogP contribution is 2.15. The van der Waals surface area contributed by atoms with Crippen LogP contribution in [0.1, 0.15) is 25.1 Å². The van der Waals surface area contributed by atoms with E-state index in [1.807, 2.05) is 31.0 Å². The fourth-order valence-corrected chi connectivity index (χ4v) is 1.33. The number of nitrogens with two attached hydrogens (primary N) is 1. The number of anilines is 1. The Bertz CT molecular complexity index is 286. The molecule has 0 fully saturated rings. The van der Waals surface area contributed by atoms with Crippen LogP contribution in [0, 0.1) is 0 Å². The molecule has 0 bridgehead atoms. The van der Waals surface area contributed by atoms with E-state index in [1.54, 1.807) is 6.20 Å². The van der Waals surface area contributed by atoms with E-state index >= 15 is 0 Å². The van der Waals surface area contributed by atoms with Crippen LogP contribution in [0.4, 0.5) is 5.69 Å². The molecule has 0 aliphatic carbocycles. The molecule has 15 heavy (non-hydrogen) atoms. The van der Waals surface area contributed by atoms with Crippen LogP contribution < -0.4 is 10.6 Å². The van der Waals surface area contributed by atoms with E-state index in [0.29, 0.717) is 6.54 Å². The van der Waals surface area contributed by atoms with Crippen molar-refractivity contribution in [3.8, 4) is 0 Å². The molecule has 1 unspecified atom stereocenters. The molecule has 4 heteroatoms. The van der Waals surface area contributed by atoms with Crippen LogP contribution in [-0.4, -0.2) is 30.3 Å². The number of hydrogen-bond donors (Lipinski definition) is 2. The number of likely N-dealkylation sites (N-methyl/N-ethyl adjacent to an activating group) is 1. The van der Waals surface area contributed by atoms with Crippen molar-refractivity contribution >= 4 is 5.69 Å². The second kappa shape index (κ2) is 5.68. The van der Waals surface area contributed by atoms with Crippen molar-refractivity contribution in [1.29, 1.82) is 0 Å². The number of hydrogen-bond acceptors (Lipinski definition) is 4. The van der Waals surface area contributed by atoms with Crippen molar-refractivity contribution in [1.82, 2.24) is 4.98 Å². The van der Waals surface area contributed by atoms with Gasteiger partial charge >= 0.3 is 0 Å². The summed E-state index contributed by atoms with van der Waals surface area (Å²) in [6, 6.07) is 3.94. The van der Waals surface area contributed by atoms with Gasteiger partial charge in [-0.25, -0.2) is 0 Å². The molecule has 4 nitrogen and oxygen atoms in total. The Morgan fingerprint density at radius 1 is 1.53 bits per heavy atom. The lowest BCUT2D eigenvalue weighted by molar-refractivity contribution is 0.304. The SMILES string of the molecule is CCC(N)c1ccc(N(C)CCO)cn1. The van der Waals surface area contributed by atoms with Crippen molar-refractivity contribution < 1.29 is 5.11 Å². The second-order valence-corrected chi connectivity index (χ2v) is 3.60. The number of aliphatic hydroxyl groups excluding tert-OH is 1. The van der Waals surface area contributed by atoms with Crippen LogP contribution in [0.5, 0.6) is 0 Å². The van der Waals surface area contributed by atoms with Gasteiger partial charge in [-0.3, -0.25) is 4.98 Å². The van der Waals surface area contributed by atoms with Crippen LogP contribution >= 0.6 is 0 Å². The summed E-state index contributed by atoms with van der Waals surface area (Å²) in [4.78, 5) is 6.26. The molecular formula is C11H19N3O. The van der Waals surface area contributed by atoms with Crippen molar-refractivity contribution in [3.05, 3.63) is 24.0 Å². The number of nitrogens with zero attached hydrogens (tertiary/aromatic N) is 2. The molecule has 0 saturated carbocycles. The standard InChI is InChI=1S/C11H19N3O/c1-3-10(12)11-5-4-9(8-13-11)14(2)6-7-15/h4-5,8,10,15H,3,6-7,12H2,1-2H3. The maximum Gasteiger partial charge on any atom is 0.0606 e. The highest BCUT2D eigenvalue weighted by atomic mass is 16.3. The molecule has 0 saturated heterocycles. The van der Waals surface area contributed by atoms with E-state index in [-0.39, 0.29) is 12.6 Å². The third-order valence-corrected chi connectivity index (χ3v) is 2.47. The van der Waals surface area contributed by atoms with Crippen LogP contribution in [0.25, 0.3) is 0 Å². The van der Waals surface area contributed by atoms with Gasteiger partial charge in [0.25, 0.3) is 0 Å². The number of aromatic nitrogens is 1. The van der Waals surface area contributed by atoms with Gasteiger partial charge in [-0.15, -0.1) is 0 Å². The minimum absolute atomic E-state index is 0.0159. The zero-order valence-electron chi connectivity index (χ0n) is 9.35. The third-order valence-electron chi connectivity index (χ3n) is 2.47. The van der Waals surface area contributed by atoms with Crippen molar-refractivity contribution in [2.75, 3.05) is 25.1 Å². The average molecular weight is 209 g/mol. The van der Waals surface area contributed by atoms with Gasteiger partial charge in [-0.2, -0.15) is 0 Å². The Kier molecular flexibility index (Phi) is 4.52.